The van der Waals surface area contributed by atoms with Crippen molar-refractivity contribution >= 4 is 110 Å². The number of rotatable bonds is 8. The summed E-state index contributed by atoms with van der Waals surface area (Å²) < 4.78 is 93.1. The monoisotopic (exact) mass is 912 g/mol. The molecule has 338 valence electrons. The second-order valence-electron chi connectivity index (χ2n) is 19.8. The van der Waals surface area contributed by atoms with Gasteiger partial charge in [0.2, 0.25) is 0 Å². The summed E-state index contributed by atoms with van der Waals surface area (Å²) in [6.45, 7) is 0. The molecule has 0 spiro atoms. The molecule has 70 heavy (non-hydrogen) atoms. The Balaban J connectivity index is 0.895. The molecule has 0 unspecified atom stereocenters. The van der Waals surface area contributed by atoms with Gasteiger partial charge in [-0.05, 0) is 146 Å². The van der Waals surface area contributed by atoms with Gasteiger partial charge < -0.3 is 18.6 Å². The molecular formula is C66H54N4. The third-order valence-corrected chi connectivity index (χ3v) is 16.1. The summed E-state index contributed by atoms with van der Waals surface area (Å²) in [5.74, 6) is 0.965. The molecule has 2 fully saturated rings. The van der Waals surface area contributed by atoms with Crippen LogP contribution in [-0.4, -0.2) is 8.80 Å². The number of benzene rings is 9. The predicted octanol–water partition coefficient (Wildman–Crippen LogP) is 19.0. The van der Waals surface area contributed by atoms with Crippen molar-refractivity contribution in [1.29, 1.82) is 0 Å². The lowest BCUT2D eigenvalue weighted by Gasteiger charge is -2.27. The maximum absolute atomic E-state index is 9.17. The van der Waals surface area contributed by atoms with E-state index in [2.05, 4.69) is 106 Å². The summed E-state index contributed by atoms with van der Waals surface area (Å²) in [5.41, 5.74) is 11.8. The Labute approximate surface area is 422 Å². The summed E-state index contributed by atoms with van der Waals surface area (Å²) >= 11 is 0. The first-order chi connectivity index (χ1) is 38.9. The van der Waals surface area contributed by atoms with E-state index < -0.39 is 12.1 Å². The van der Waals surface area contributed by atoms with Crippen LogP contribution in [0.25, 0.3) is 76.2 Å². The molecule has 2 saturated carbocycles. The van der Waals surface area contributed by atoms with Crippen molar-refractivity contribution in [3.63, 3.8) is 0 Å². The fourth-order valence-electron chi connectivity index (χ4n) is 12.9. The molecule has 2 aliphatic carbocycles. The molecule has 0 saturated heterocycles. The van der Waals surface area contributed by atoms with Gasteiger partial charge in [0, 0.05) is 77.2 Å². The van der Waals surface area contributed by atoms with Gasteiger partial charge in [-0.2, -0.15) is 0 Å². The molecule has 4 heteroatoms. The van der Waals surface area contributed by atoms with Crippen molar-refractivity contribution in [2.75, 3.05) is 9.80 Å². The molecule has 4 heterocycles. The summed E-state index contributed by atoms with van der Waals surface area (Å²) in [5, 5.41) is 8.42. The Hall–Kier alpha value is -7.82. The number of fused-ring (bicyclic) bond motifs is 12. The zero-order chi connectivity index (χ0) is 54.6. The minimum absolute atomic E-state index is 0.103. The largest absolute Gasteiger partial charge is 0.310 e. The quantitative estimate of drug-likeness (QED) is 0.151. The van der Waals surface area contributed by atoms with Crippen LogP contribution in [0.3, 0.4) is 0 Å². The smallest absolute Gasteiger partial charge is 0.0645 e. The zero-order valence-electron chi connectivity index (χ0n) is 48.7. The standard InChI is InChI=1S/C66H54N4/c1-5-15-43(16-6-1)45-27-31-49(32-28-45)67(47-19-9-3-10-20-47)51-35-37-61-57(39-51)53-23-13-25-55-59-42-64-60(41-63(59)69(61)65(53)55)56-26-14-24-54-58-40-52(36-38-62(58)70(64)66(54)56)68(48-21-11-4-12-22-48)50-33-29-46(30-34-50)44-17-7-2-8-18-44/h3-4,9-14,19-44H,1-2,5-8,15-18H2/i3D,4D,9D,10D,11D,12D,19D,20D,21D,22D. The normalized spacial score (nSPS) is 17.3. The maximum atomic E-state index is 9.17. The van der Waals surface area contributed by atoms with E-state index in [1.165, 1.54) is 49.7 Å². The fraction of sp³-hybridized carbons (Fsp3) is 0.182. The molecule has 0 radical (unpaired) electrons. The number of anilines is 6. The van der Waals surface area contributed by atoms with Crippen LogP contribution >= 0.6 is 0 Å². The number of para-hydroxylation sites is 4. The molecule has 0 bridgehead atoms. The third-order valence-electron chi connectivity index (χ3n) is 16.1. The van der Waals surface area contributed by atoms with E-state index in [-0.39, 0.29) is 59.7 Å². The van der Waals surface area contributed by atoms with E-state index in [1.807, 2.05) is 46.2 Å². The molecular weight excluding hydrogens is 849 g/mol. The first-order valence-corrected chi connectivity index (χ1v) is 25.2. The highest BCUT2D eigenvalue weighted by molar-refractivity contribution is 6.29. The zero-order valence-corrected chi connectivity index (χ0v) is 38.7. The highest BCUT2D eigenvalue weighted by atomic mass is 15.1. The van der Waals surface area contributed by atoms with E-state index in [4.69, 9.17) is 8.22 Å². The Morgan fingerprint density at radius 1 is 0.329 bits per heavy atom. The van der Waals surface area contributed by atoms with Crippen molar-refractivity contribution in [3.05, 3.63) is 205 Å². The van der Waals surface area contributed by atoms with Gasteiger partial charge in [-0.3, -0.25) is 0 Å². The number of hydrogen-bond acceptors (Lipinski definition) is 2. The predicted molar refractivity (Wildman–Crippen MR) is 297 cm³/mol. The minimum Gasteiger partial charge on any atom is -0.310 e. The molecule has 4 aromatic heterocycles. The number of hydrogen-bond donors (Lipinski definition) is 0. The first kappa shape index (κ1) is 31.3. The van der Waals surface area contributed by atoms with Crippen LogP contribution in [0.2, 0.25) is 0 Å². The van der Waals surface area contributed by atoms with E-state index in [9.17, 15) is 5.48 Å². The average Bonchev–Trinajstić information content (AvgIpc) is 4.29. The number of aromatic nitrogens is 2. The average molecular weight is 913 g/mol. The fourth-order valence-corrected chi connectivity index (χ4v) is 12.9. The Morgan fingerprint density at radius 3 is 1.07 bits per heavy atom. The second kappa shape index (κ2) is 15.9. The summed E-state index contributed by atoms with van der Waals surface area (Å²) in [7, 11) is 0. The first-order valence-electron chi connectivity index (χ1n) is 30.2. The van der Waals surface area contributed by atoms with Gasteiger partial charge in [-0.25, -0.2) is 0 Å². The summed E-state index contributed by atoms with van der Waals surface area (Å²) in [6.07, 6.45) is 12.0. The van der Waals surface area contributed by atoms with Crippen LogP contribution in [0.15, 0.2) is 194 Å². The lowest BCUT2D eigenvalue weighted by molar-refractivity contribution is 0.443. The van der Waals surface area contributed by atoms with E-state index in [0.717, 1.165) is 102 Å². The molecule has 9 aromatic carbocycles. The molecule has 0 atom stereocenters. The molecule has 15 rings (SSSR count). The van der Waals surface area contributed by atoms with E-state index in [0.29, 0.717) is 34.6 Å². The van der Waals surface area contributed by atoms with Gasteiger partial charge >= 0.3 is 0 Å². The van der Waals surface area contributed by atoms with Crippen molar-refractivity contribution in [2.45, 2.75) is 76.0 Å². The van der Waals surface area contributed by atoms with Crippen LogP contribution in [0.1, 0.15) is 101 Å². The molecule has 2 aliphatic rings. The maximum Gasteiger partial charge on any atom is 0.0645 e. The number of nitrogens with zero attached hydrogens (tertiary/aromatic N) is 4. The van der Waals surface area contributed by atoms with E-state index >= 15 is 0 Å². The molecule has 0 N–H and O–H groups in total. The SMILES string of the molecule is [2H]c1c([2H])c([2H])c(N(c2ccc(C3CCCCC3)cc2)c2ccc3c(c2)c2cccc4c5cc6c(cc5n3c24)c2cccc3c4cc(N(c5ccc(C7CCCCC7)cc5)c5c([2H])c([2H])c([2H])c([2H])c5[2H])ccc4n6c32)c([2H])c1[2H]. The summed E-state index contributed by atoms with van der Waals surface area (Å²) in [4.78, 5) is 3.66. The van der Waals surface area contributed by atoms with Crippen LogP contribution in [0.5, 0.6) is 0 Å². The molecule has 0 aliphatic heterocycles. The van der Waals surface area contributed by atoms with Gasteiger partial charge in [0.25, 0.3) is 0 Å². The van der Waals surface area contributed by atoms with Gasteiger partial charge in [0.1, 0.15) is 0 Å². The van der Waals surface area contributed by atoms with Crippen molar-refractivity contribution in [1.82, 2.24) is 8.80 Å². The van der Waals surface area contributed by atoms with E-state index in [1.54, 1.807) is 0 Å². The van der Waals surface area contributed by atoms with Crippen LogP contribution in [-0.2, 0) is 0 Å². The van der Waals surface area contributed by atoms with Gasteiger partial charge in [0.05, 0.1) is 46.8 Å². The minimum atomic E-state index is -0.427. The lowest BCUT2D eigenvalue weighted by Crippen LogP contribution is -2.10. The van der Waals surface area contributed by atoms with Crippen LogP contribution in [0.4, 0.5) is 34.1 Å². The van der Waals surface area contributed by atoms with Gasteiger partial charge in [0.15, 0.2) is 0 Å². The Kier molecular flexibility index (Phi) is 7.10. The Morgan fingerprint density at radius 2 is 0.686 bits per heavy atom. The van der Waals surface area contributed by atoms with Crippen LogP contribution < -0.4 is 9.80 Å². The van der Waals surface area contributed by atoms with Crippen molar-refractivity contribution in [3.8, 4) is 0 Å². The second-order valence-corrected chi connectivity index (χ2v) is 19.8. The topological polar surface area (TPSA) is 15.3 Å². The van der Waals surface area contributed by atoms with Gasteiger partial charge in [-0.1, -0.05) is 135 Å². The highest BCUT2D eigenvalue weighted by Crippen LogP contribution is 2.48. The third kappa shape index (κ3) is 6.08. The van der Waals surface area contributed by atoms with Gasteiger partial charge in [-0.15, -0.1) is 0 Å². The van der Waals surface area contributed by atoms with Crippen molar-refractivity contribution < 1.29 is 13.7 Å². The molecule has 13 aromatic rings. The Bertz CT molecular complexity index is 4330. The van der Waals surface area contributed by atoms with Crippen LogP contribution in [0, 0.1) is 0 Å². The lowest BCUT2D eigenvalue weighted by atomic mass is 9.84. The highest BCUT2D eigenvalue weighted by Gasteiger charge is 2.25. The molecule has 0 amide bonds. The van der Waals surface area contributed by atoms with Crippen molar-refractivity contribution in [2.24, 2.45) is 0 Å². The molecule has 4 nitrogen and oxygen atoms in total. The summed E-state index contributed by atoms with van der Waals surface area (Å²) in [6, 6.07) is 43.2.